The highest BCUT2D eigenvalue weighted by Gasteiger charge is 2.12. The van der Waals surface area contributed by atoms with Crippen molar-refractivity contribution < 1.29 is 4.79 Å². The van der Waals surface area contributed by atoms with Crippen molar-refractivity contribution in [3.63, 3.8) is 0 Å². The highest BCUT2D eigenvalue weighted by atomic mass is 79.9. The molecule has 0 aliphatic carbocycles. The Labute approximate surface area is 126 Å². The van der Waals surface area contributed by atoms with Crippen LogP contribution in [0.5, 0.6) is 0 Å². The van der Waals surface area contributed by atoms with Gasteiger partial charge in [-0.25, -0.2) is 0 Å². The average molecular weight is 341 g/mol. The van der Waals surface area contributed by atoms with Gasteiger partial charge in [0.15, 0.2) is 5.78 Å². The number of benzene rings is 1. The van der Waals surface area contributed by atoms with Crippen molar-refractivity contribution in [3.8, 4) is 0 Å². The summed E-state index contributed by atoms with van der Waals surface area (Å²) in [6.07, 6.45) is 3.79. The molecule has 1 aromatic carbocycles. The minimum atomic E-state index is 0.0205. The molecule has 19 heavy (non-hydrogen) atoms. The van der Waals surface area contributed by atoms with E-state index in [1.54, 1.807) is 0 Å². The number of aromatic nitrogens is 1. The smallest absolute Gasteiger partial charge is 0.166 e. The molecular weight excluding hydrogens is 326 g/mol. The van der Waals surface area contributed by atoms with Gasteiger partial charge in [-0.15, -0.1) is 0 Å². The molecule has 1 heterocycles. The lowest BCUT2D eigenvalue weighted by Crippen LogP contribution is -2.06. The van der Waals surface area contributed by atoms with E-state index in [1.807, 2.05) is 55.1 Å². The minimum absolute atomic E-state index is 0.0205. The summed E-state index contributed by atoms with van der Waals surface area (Å²) in [5.41, 5.74) is 1.78. The van der Waals surface area contributed by atoms with Crippen LogP contribution in [0.1, 0.15) is 29.8 Å². The molecule has 0 saturated heterocycles. The quantitative estimate of drug-likeness (QED) is 0.733. The van der Waals surface area contributed by atoms with Crippen molar-refractivity contribution in [2.45, 2.75) is 20.4 Å². The first-order valence-corrected chi connectivity index (χ1v) is 7.28. The van der Waals surface area contributed by atoms with E-state index in [0.717, 1.165) is 20.6 Å². The molecule has 0 fully saturated rings. The molecule has 0 amide bonds. The van der Waals surface area contributed by atoms with Gasteiger partial charge in [0, 0.05) is 39.9 Å². The molecule has 0 aliphatic rings. The number of nitrogens with zero attached hydrogens (tertiary/aromatic N) is 1. The van der Waals surface area contributed by atoms with Gasteiger partial charge < -0.3 is 4.57 Å². The van der Waals surface area contributed by atoms with Crippen LogP contribution in [-0.4, -0.2) is 10.4 Å². The van der Waals surface area contributed by atoms with Gasteiger partial charge in [0.25, 0.3) is 0 Å². The topological polar surface area (TPSA) is 22.0 Å². The summed E-state index contributed by atoms with van der Waals surface area (Å²) in [6, 6.07) is 7.68. The number of rotatable bonds is 4. The van der Waals surface area contributed by atoms with Gasteiger partial charge in [0.1, 0.15) is 0 Å². The van der Waals surface area contributed by atoms with Crippen LogP contribution in [0.25, 0.3) is 0 Å². The van der Waals surface area contributed by atoms with Gasteiger partial charge in [-0.3, -0.25) is 4.79 Å². The van der Waals surface area contributed by atoms with Gasteiger partial charge >= 0.3 is 0 Å². The molecule has 0 N–H and O–H groups in total. The van der Waals surface area contributed by atoms with E-state index in [2.05, 4.69) is 15.9 Å². The van der Waals surface area contributed by atoms with E-state index in [9.17, 15) is 4.79 Å². The second-order valence-electron chi connectivity index (χ2n) is 4.83. The highest BCUT2D eigenvalue weighted by Crippen LogP contribution is 2.22. The molecule has 0 spiro atoms. The second-order valence-corrected chi connectivity index (χ2v) is 6.15. The summed E-state index contributed by atoms with van der Waals surface area (Å²) in [5, 5.41) is 0.722. The number of carbonyl (C=O) groups excluding carboxylic acids is 1. The van der Waals surface area contributed by atoms with Crippen LogP contribution in [0.3, 0.4) is 0 Å². The summed E-state index contributed by atoms with van der Waals surface area (Å²) in [5.74, 6) is 0.188. The first-order valence-electron chi connectivity index (χ1n) is 6.11. The Morgan fingerprint density at radius 1 is 1.37 bits per heavy atom. The fraction of sp³-hybridized carbons (Fsp3) is 0.267. The molecule has 2 nitrogen and oxygen atoms in total. The van der Waals surface area contributed by atoms with Crippen LogP contribution < -0.4 is 0 Å². The normalized spacial score (nSPS) is 11.0. The predicted molar refractivity (Wildman–Crippen MR) is 81.9 cm³/mol. The van der Waals surface area contributed by atoms with Crippen molar-refractivity contribution in [3.05, 3.63) is 57.3 Å². The fourth-order valence-electron chi connectivity index (χ4n) is 1.86. The Morgan fingerprint density at radius 2 is 2.11 bits per heavy atom. The van der Waals surface area contributed by atoms with Crippen molar-refractivity contribution in [1.82, 2.24) is 4.57 Å². The largest absolute Gasteiger partial charge is 0.349 e. The number of ketones is 1. The van der Waals surface area contributed by atoms with E-state index < -0.39 is 0 Å². The predicted octanol–water partition coefficient (Wildman–Crippen LogP) is 4.79. The van der Waals surface area contributed by atoms with E-state index in [-0.39, 0.29) is 11.7 Å². The van der Waals surface area contributed by atoms with Crippen LogP contribution in [0.2, 0.25) is 5.02 Å². The van der Waals surface area contributed by atoms with Crippen molar-refractivity contribution in [2.24, 2.45) is 5.92 Å². The molecule has 4 heteroatoms. The number of carbonyl (C=O) groups is 1. The number of Topliss-reactive ketones (excluding diaryl/α,β-unsaturated/α-hetero) is 1. The Kier molecular flexibility index (Phi) is 4.48. The summed E-state index contributed by atoms with van der Waals surface area (Å²) in [4.78, 5) is 11.9. The first-order chi connectivity index (χ1) is 8.97. The van der Waals surface area contributed by atoms with E-state index in [0.29, 0.717) is 6.54 Å². The van der Waals surface area contributed by atoms with Crippen LogP contribution >= 0.6 is 27.5 Å². The van der Waals surface area contributed by atoms with Gasteiger partial charge in [0.2, 0.25) is 0 Å². The maximum Gasteiger partial charge on any atom is 0.166 e. The maximum absolute atomic E-state index is 11.9. The Bertz CT molecular complexity index is 604. The Hall–Kier alpha value is -1.06. The molecule has 0 aliphatic heterocycles. The Morgan fingerprint density at radius 3 is 2.74 bits per heavy atom. The molecule has 2 aromatic rings. The van der Waals surface area contributed by atoms with Gasteiger partial charge in [0.05, 0.1) is 0 Å². The highest BCUT2D eigenvalue weighted by molar-refractivity contribution is 9.10. The van der Waals surface area contributed by atoms with E-state index >= 15 is 0 Å². The third-order valence-electron chi connectivity index (χ3n) is 2.93. The summed E-state index contributed by atoms with van der Waals surface area (Å²) in [7, 11) is 0. The zero-order valence-corrected chi connectivity index (χ0v) is 13.2. The number of hydrogen-bond acceptors (Lipinski definition) is 1. The molecule has 0 atom stereocenters. The molecule has 1 aromatic heterocycles. The van der Waals surface area contributed by atoms with Gasteiger partial charge in [-0.05, 0) is 23.8 Å². The number of hydrogen-bond donors (Lipinski definition) is 0. The average Bonchev–Trinajstić information content (AvgIpc) is 2.80. The van der Waals surface area contributed by atoms with Gasteiger partial charge in [-0.1, -0.05) is 47.4 Å². The fourth-order valence-corrected chi connectivity index (χ4v) is 2.60. The van der Waals surface area contributed by atoms with Crippen LogP contribution in [-0.2, 0) is 6.54 Å². The number of halogens is 2. The SMILES string of the molecule is CC(C)C(=O)c1ccn(Cc2ccc(Br)cc2Cl)c1. The maximum atomic E-state index is 11.9. The van der Waals surface area contributed by atoms with Crippen LogP contribution in [0, 0.1) is 5.92 Å². The third-order valence-corrected chi connectivity index (χ3v) is 3.77. The molecule has 0 radical (unpaired) electrons. The lowest BCUT2D eigenvalue weighted by Gasteiger charge is -2.06. The van der Waals surface area contributed by atoms with E-state index in [1.165, 1.54) is 0 Å². The third kappa shape index (κ3) is 3.48. The van der Waals surface area contributed by atoms with Crippen molar-refractivity contribution >= 4 is 33.3 Å². The molecular formula is C15H15BrClNO. The minimum Gasteiger partial charge on any atom is -0.349 e. The standard InChI is InChI=1S/C15H15BrClNO/c1-10(2)15(19)12-5-6-18(9-12)8-11-3-4-13(16)7-14(11)17/h3-7,9-10H,8H2,1-2H3. The molecule has 100 valence electrons. The van der Waals surface area contributed by atoms with Crippen molar-refractivity contribution in [2.75, 3.05) is 0 Å². The summed E-state index contributed by atoms with van der Waals surface area (Å²) >= 11 is 9.57. The molecule has 0 saturated carbocycles. The van der Waals surface area contributed by atoms with Crippen LogP contribution in [0.15, 0.2) is 41.1 Å². The molecule has 0 bridgehead atoms. The van der Waals surface area contributed by atoms with Gasteiger partial charge in [-0.2, -0.15) is 0 Å². The zero-order valence-electron chi connectivity index (χ0n) is 10.9. The first kappa shape index (κ1) is 14.4. The summed E-state index contributed by atoms with van der Waals surface area (Å²) in [6.45, 7) is 4.48. The van der Waals surface area contributed by atoms with Crippen LogP contribution in [0.4, 0.5) is 0 Å². The molecule has 0 unspecified atom stereocenters. The lowest BCUT2D eigenvalue weighted by molar-refractivity contribution is 0.0939. The monoisotopic (exact) mass is 339 g/mol. The Balaban J connectivity index is 2.18. The summed E-state index contributed by atoms with van der Waals surface area (Å²) < 4.78 is 2.94. The molecule has 2 rings (SSSR count). The van der Waals surface area contributed by atoms with E-state index in [4.69, 9.17) is 11.6 Å². The van der Waals surface area contributed by atoms with Crippen molar-refractivity contribution in [1.29, 1.82) is 0 Å². The second kappa shape index (κ2) is 5.93. The lowest BCUT2D eigenvalue weighted by atomic mass is 10.0. The zero-order chi connectivity index (χ0) is 14.0.